The predicted molar refractivity (Wildman–Crippen MR) is 45.7 cm³/mol. The number of aliphatic hydroxyl groups excluding tert-OH is 1. The van der Waals surface area contributed by atoms with Gasteiger partial charge in [0.2, 0.25) is 5.76 Å². The zero-order valence-corrected chi connectivity index (χ0v) is 8.41. The Morgan fingerprint density at radius 1 is 1.60 bits per heavy atom. The lowest BCUT2D eigenvalue weighted by atomic mass is 10.2. The Bertz CT molecular complexity index is 323. The van der Waals surface area contributed by atoms with Gasteiger partial charge in [-0.05, 0) is 21.7 Å². The van der Waals surface area contributed by atoms with Crippen molar-refractivity contribution >= 4 is 27.6 Å². The van der Waals surface area contributed by atoms with Crippen molar-refractivity contribution < 1.29 is 27.8 Å². The zero-order valence-electron chi connectivity index (χ0n) is 6.84. The van der Waals surface area contributed by atoms with Crippen molar-refractivity contribution in [3.63, 3.8) is 0 Å². The van der Waals surface area contributed by atoms with E-state index in [1.807, 2.05) is 0 Å². The SMILES string of the molecule is N#C/C(C(=O)OCSCl)=C(/O)C(F)(F)F. The van der Waals surface area contributed by atoms with E-state index < -0.39 is 29.4 Å². The smallest absolute Gasteiger partial charge is 0.450 e. The van der Waals surface area contributed by atoms with Crippen LogP contribution in [0.2, 0.25) is 0 Å². The molecule has 0 aromatic heterocycles. The Morgan fingerprint density at radius 3 is 2.47 bits per heavy atom. The fourth-order valence-electron chi connectivity index (χ4n) is 0.485. The topological polar surface area (TPSA) is 70.3 Å². The minimum absolute atomic E-state index is 0.434. The molecule has 0 rings (SSSR count). The molecule has 0 aliphatic rings. The molecule has 0 fully saturated rings. The van der Waals surface area contributed by atoms with E-state index in [9.17, 15) is 18.0 Å². The molecule has 0 aromatic carbocycles. The summed E-state index contributed by atoms with van der Waals surface area (Å²) in [5, 5.41) is 16.7. The number of allylic oxidation sites excluding steroid dienone is 1. The average molecular weight is 262 g/mol. The number of nitriles is 1. The molecule has 0 radical (unpaired) electrons. The summed E-state index contributed by atoms with van der Waals surface area (Å²) >= 11 is 0. The maximum absolute atomic E-state index is 11.9. The van der Waals surface area contributed by atoms with E-state index in [1.165, 1.54) is 0 Å². The van der Waals surface area contributed by atoms with Crippen LogP contribution in [0.25, 0.3) is 0 Å². The number of aliphatic hydroxyl groups is 1. The number of hydrogen-bond acceptors (Lipinski definition) is 5. The molecule has 0 spiro atoms. The highest BCUT2D eigenvalue weighted by Gasteiger charge is 2.39. The Morgan fingerprint density at radius 2 is 2.13 bits per heavy atom. The van der Waals surface area contributed by atoms with Crippen molar-refractivity contribution in [1.82, 2.24) is 0 Å². The van der Waals surface area contributed by atoms with Gasteiger partial charge < -0.3 is 9.84 Å². The van der Waals surface area contributed by atoms with Crippen molar-refractivity contribution in [2.45, 2.75) is 6.18 Å². The first-order chi connectivity index (χ1) is 6.84. The third-order valence-corrected chi connectivity index (χ3v) is 1.53. The van der Waals surface area contributed by atoms with E-state index in [-0.39, 0.29) is 0 Å². The Balaban J connectivity index is 4.92. The number of carbonyl (C=O) groups excluding carboxylic acids is 1. The molecule has 0 atom stereocenters. The maximum Gasteiger partial charge on any atom is 0.450 e. The van der Waals surface area contributed by atoms with Gasteiger partial charge in [0.15, 0.2) is 11.5 Å². The summed E-state index contributed by atoms with van der Waals surface area (Å²) < 4.78 is 39.7. The zero-order chi connectivity index (χ0) is 12.1. The molecule has 0 heterocycles. The van der Waals surface area contributed by atoms with Crippen LogP contribution in [-0.4, -0.2) is 23.2 Å². The van der Waals surface area contributed by atoms with Gasteiger partial charge in [0, 0.05) is 0 Å². The van der Waals surface area contributed by atoms with Crippen LogP contribution >= 0.6 is 21.7 Å². The van der Waals surface area contributed by atoms with Gasteiger partial charge in [0.05, 0.1) is 0 Å². The van der Waals surface area contributed by atoms with Crippen LogP contribution < -0.4 is 0 Å². The van der Waals surface area contributed by atoms with Gasteiger partial charge in [-0.25, -0.2) is 4.79 Å². The molecule has 0 saturated heterocycles. The van der Waals surface area contributed by atoms with E-state index in [0.717, 1.165) is 6.07 Å². The number of alkyl halides is 3. The third kappa shape index (κ3) is 4.31. The van der Waals surface area contributed by atoms with E-state index in [2.05, 4.69) is 4.74 Å². The summed E-state index contributed by atoms with van der Waals surface area (Å²) in [5.41, 5.74) is -1.51. The molecule has 0 aromatic rings. The van der Waals surface area contributed by atoms with Gasteiger partial charge in [-0.1, -0.05) is 0 Å². The lowest BCUT2D eigenvalue weighted by molar-refractivity contribution is -0.140. The molecule has 84 valence electrons. The number of carbonyl (C=O) groups is 1. The van der Waals surface area contributed by atoms with Gasteiger partial charge in [0.25, 0.3) is 0 Å². The molecular formula is C6H3ClF3NO3S. The van der Waals surface area contributed by atoms with Crippen molar-refractivity contribution in [3.05, 3.63) is 11.3 Å². The number of hydrogen-bond donors (Lipinski definition) is 1. The van der Waals surface area contributed by atoms with Crippen molar-refractivity contribution in [2.75, 3.05) is 5.94 Å². The first kappa shape index (κ1) is 13.9. The molecule has 0 saturated carbocycles. The molecule has 0 amide bonds. The molecule has 0 aliphatic heterocycles. The molecular weight excluding hydrogens is 259 g/mol. The number of nitrogens with zero attached hydrogens (tertiary/aromatic N) is 1. The average Bonchev–Trinajstić information content (AvgIpc) is 2.14. The van der Waals surface area contributed by atoms with Gasteiger partial charge in [0.1, 0.15) is 6.07 Å². The van der Waals surface area contributed by atoms with Crippen LogP contribution in [0.15, 0.2) is 11.3 Å². The number of esters is 1. The quantitative estimate of drug-likeness (QED) is 0.277. The first-order valence-electron chi connectivity index (χ1n) is 3.15. The lowest BCUT2D eigenvalue weighted by Gasteiger charge is -2.06. The molecule has 1 N–H and O–H groups in total. The number of rotatable bonds is 3. The summed E-state index contributed by atoms with van der Waals surface area (Å²) in [4.78, 5) is 10.8. The van der Waals surface area contributed by atoms with E-state index in [1.54, 1.807) is 0 Å². The van der Waals surface area contributed by atoms with Gasteiger partial charge in [-0.2, -0.15) is 18.4 Å². The number of ether oxygens (including phenoxy) is 1. The summed E-state index contributed by atoms with van der Waals surface area (Å²) in [7, 11) is 5.53. The van der Waals surface area contributed by atoms with Crippen LogP contribution in [0.5, 0.6) is 0 Å². The van der Waals surface area contributed by atoms with Crippen molar-refractivity contribution in [2.24, 2.45) is 0 Å². The minimum Gasteiger partial charge on any atom is -0.503 e. The summed E-state index contributed by atoms with van der Waals surface area (Å²) in [6.45, 7) is 0. The molecule has 15 heavy (non-hydrogen) atoms. The normalized spacial score (nSPS) is 12.7. The molecule has 9 heteroatoms. The summed E-state index contributed by atoms with van der Waals surface area (Å²) in [6, 6.07) is 0.900. The minimum atomic E-state index is -5.17. The number of halogens is 4. The van der Waals surface area contributed by atoms with Crippen LogP contribution in [0.3, 0.4) is 0 Å². The summed E-state index contributed by atoms with van der Waals surface area (Å²) in [5.74, 6) is -4.30. The maximum atomic E-state index is 11.9. The second-order valence-corrected chi connectivity index (χ2v) is 3.10. The second-order valence-electron chi connectivity index (χ2n) is 1.99. The van der Waals surface area contributed by atoms with Crippen LogP contribution in [-0.2, 0) is 9.53 Å². The molecule has 0 bridgehead atoms. The largest absolute Gasteiger partial charge is 0.503 e. The highest BCUT2D eigenvalue weighted by atomic mass is 35.7. The van der Waals surface area contributed by atoms with E-state index in [4.69, 9.17) is 21.1 Å². The Hall–Kier alpha value is -1.07. The van der Waals surface area contributed by atoms with Crippen molar-refractivity contribution in [1.29, 1.82) is 5.26 Å². The van der Waals surface area contributed by atoms with Crippen LogP contribution in [0.1, 0.15) is 0 Å². The van der Waals surface area contributed by atoms with Crippen LogP contribution in [0.4, 0.5) is 13.2 Å². The molecule has 4 nitrogen and oxygen atoms in total. The Kier molecular flexibility index (Phi) is 5.32. The highest BCUT2D eigenvalue weighted by Crippen LogP contribution is 2.26. The predicted octanol–water partition coefficient (Wildman–Crippen LogP) is 2.27. The monoisotopic (exact) mass is 261 g/mol. The third-order valence-electron chi connectivity index (χ3n) is 1.06. The standard InChI is InChI=1S/C6H3ClF3NO3S/c7-15-2-14-5(13)3(1-11)4(12)6(8,9)10/h12H,2H2/b4-3-. The molecule has 0 aliphatic carbocycles. The van der Waals surface area contributed by atoms with Gasteiger partial charge in [-0.3, -0.25) is 0 Å². The van der Waals surface area contributed by atoms with Crippen LogP contribution in [0, 0.1) is 11.3 Å². The van der Waals surface area contributed by atoms with Crippen molar-refractivity contribution in [3.8, 4) is 6.07 Å². The highest BCUT2D eigenvalue weighted by molar-refractivity contribution is 8.20. The fourth-order valence-corrected chi connectivity index (χ4v) is 0.770. The van der Waals surface area contributed by atoms with E-state index >= 15 is 0 Å². The first-order valence-corrected chi connectivity index (χ1v) is 4.97. The fraction of sp³-hybridized carbons (Fsp3) is 0.333. The Labute approximate surface area is 90.8 Å². The lowest BCUT2D eigenvalue weighted by Crippen LogP contribution is -2.18. The van der Waals surface area contributed by atoms with Gasteiger partial charge >= 0.3 is 12.1 Å². The second kappa shape index (κ2) is 5.72. The van der Waals surface area contributed by atoms with Gasteiger partial charge in [-0.15, -0.1) is 0 Å². The molecule has 0 unspecified atom stereocenters. The van der Waals surface area contributed by atoms with E-state index in [0.29, 0.717) is 11.0 Å². The summed E-state index contributed by atoms with van der Waals surface area (Å²) in [6.07, 6.45) is -5.17.